The minimum absolute atomic E-state index is 0.137. The molecule has 15 heavy (non-hydrogen) atoms. The number of nitrogens with zero attached hydrogens (tertiary/aromatic N) is 3. The van der Waals surface area contributed by atoms with E-state index >= 15 is 0 Å². The van der Waals surface area contributed by atoms with Crippen molar-refractivity contribution in [3.63, 3.8) is 0 Å². The Kier molecular flexibility index (Phi) is 3.14. The lowest BCUT2D eigenvalue weighted by Gasteiger charge is -2.02. The topological polar surface area (TPSA) is 63.8 Å². The van der Waals surface area contributed by atoms with Gasteiger partial charge in [-0.25, -0.2) is 0 Å². The summed E-state index contributed by atoms with van der Waals surface area (Å²) in [5.41, 5.74) is 0. The standard InChI is InChI=1S/C9H9ClN4O/c10-9-13-8(6-12-14-9)11-4-3-7-2-1-5-15-7/h1-2,5-6H,3-4H2,(H,11,13,14). The molecule has 0 amide bonds. The van der Waals surface area contributed by atoms with Gasteiger partial charge in [-0.2, -0.15) is 10.1 Å². The van der Waals surface area contributed by atoms with Gasteiger partial charge in [-0.1, -0.05) is 0 Å². The van der Waals surface area contributed by atoms with Gasteiger partial charge in [0.15, 0.2) is 0 Å². The number of hydrogen-bond acceptors (Lipinski definition) is 5. The van der Waals surface area contributed by atoms with Gasteiger partial charge in [0, 0.05) is 13.0 Å². The van der Waals surface area contributed by atoms with Gasteiger partial charge >= 0.3 is 0 Å². The van der Waals surface area contributed by atoms with Crippen LogP contribution in [0.15, 0.2) is 29.0 Å². The number of aromatic nitrogens is 3. The Morgan fingerprint density at radius 1 is 1.47 bits per heavy atom. The van der Waals surface area contributed by atoms with E-state index in [1.165, 1.54) is 6.20 Å². The SMILES string of the molecule is Clc1nncc(NCCc2ccco2)n1. The molecule has 2 heterocycles. The molecule has 78 valence electrons. The van der Waals surface area contributed by atoms with Crippen molar-refractivity contribution in [1.29, 1.82) is 0 Å². The van der Waals surface area contributed by atoms with Gasteiger partial charge < -0.3 is 9.73 Å². The number of rotatable bonds is 4. The molecular formula is C9H9ClN4O. The molecule has 0 atom stereocenters. The van der Waals surface area contributed by atoms with Crippen LogP contribution in [0.2, 0.25) is 5.28 Å². The van der Waals surface area contributed by atoms with E-state index in [4.69, 9.17) is 16.0 Å². The number of furan rings is 1. The molecule has 0 unspecified atom stereocenters. The van der Waals surface area contributed by atoms with E-state index in [0.29, 0.717) is 12.4 Å². The third-order valence-electron chi connectivity index (χ3n) is 1.79. The number of hydrogen-bond donors (Lipinski definition) is 1. The minimum atomic E-state index is 0.137. The maximum absolute atomic E-state index is 5.58. The van der Waals surface area contributed by atoms with Crippen LogP contribution in [0.1, 0.15) is 5.76 Å². The van der Waals surface area contributed by atoms with Gasteiger partial charge in [0.25, 0.3) is 0 Å². The van der Waals surface area contributed by atoms with Crippen molar-refractivity contribution in [2.45, 2.75) is 6.42 Å². The number of anilines is 1. The van der Waals surface area contributed by atoms with Crippen LogP contribution in [-0.2, 0) is 6.42 Å². The molecule has 0 spiro atoms. The normalized spacial score (nSPS) is 10.2. The second kappa shape index (κ2) is 4.75. The van der Waals surface area contributed by atoms with Crippen molar-refractivity contribution in [1.82, 2.24) is 15.2 Å². The molecule has 0 radical (unpaired) electrons. The van der Waals surface area contributed by atoms with Gasteiger partial charge in [-0.3, -0.25) is 0 Å². The van der Waals surface area contributed by atoms with Crippen LogP contribution in [0.5, 0.6) is 0 Å². The van der Waals surface area contributed by atoms with Crippen LogP contribution in [0.4, 0.5) is 5.82 Å². The summed E-state index contributed by atoms with van der Waals surface area (Å²) in [4.78, 5) is 3.94. The summed E-state index contributed by atoms with van der Waals surface area (Å²) in [7, 11) is 0. The highest BCUT2D eigenvalue weighted by Gasteiger charge is 1.98. The van der Waals surface area contributed by atoms with Crippen LogP contribution < -0.4 is 5.32 Å². The maximum atomic E-state index is 5.58. The Labute approximate surface area is 91.5 Å². The fraction of sp³-hybridized carbons (Fsp3) is 0.222. The second-order valence-electron chi connectivity index (χ2n) is 2.87. The zero-order valence-electron chi connectivity index (χ0n) is 7.85. The van der Waals surface area contributed by atoms with E-state index in [1.54, 1.807) is 6.26 Å². The molecule has 0 saturated heterocycles. The van der Waals surface area contributed by atoms with E-state index < -0.39 is 0 Å². The van der Waals surface area contributed by atoms with Gasteiger partial charge in [-0.15, -0.1) is 5.10 Å². The lowest BCUT2D eigenvalue weighted by molar-refractivity contribution is 0.513. The summed E-state index contributed by atoms with van der Waals surface area (Å²) in [6.07, 6.45) is 3.96. The van der Waals surface area contributed by atoms with E-state index in [9.17, 15) is 0 Å². The molecule has 5 nitrogen and oxygen atoms in total. The highest BCUT2D eigenvalue weighted by atomic mass is 35.5. The van der Waals surface area contributed by atoms with E-state index in [2.05, 4.69) is 20.5 Å². The van der Waals surface area contributed by atoms with E-state index in [1.807, 2.05) is 12.1 Å². The molecule has 0 aromatic carbocycles. The summed E-state index contributed by atoms with van der Waals surface area (Å²) < 4.78 is 5.18. The van der Waals surface area contributed by atoms with E-state index in [0.717, 1.165) is 12.2 Å². The van der Waals surface area contributed by atoms with E-state index in [-0.39, 0.29) is 5.28 Å². The molecule has 1 N–H and O–H groups in total. The van der Waals surface area contributed by atoms with Crippen LogP contribution in [0.3, 0.4) is 0 Å². The fourth-order valence-electron chi connectivity index (χ4n) is 1.14. The summed E-state index contributed by atoms with van der Waals surface area (Å²) in [6, 6.07) is 3.78. The quantitative estimate of drug-likeness (QED) is 0.858. The first-order valence-electron chi connectivity index (χ1n) is 4.46. The Hall–Kier alpha value is -1.62. The van der Waals surface area contributed by atoms with Gasteiger partial charge in [-0.05, 0) is 23.7 Å². The molecule has 0 bridgehead atoms. The smallest absolute Gasteiger partial charge is 0.244 e. The molecule has 0 aliphatic carbocycles. The largest absolute Gasteiger partial charge is 0.469 e. The Balaban J connectivity index is 1.83. The monoisotopic (exact) mass is 224 g/mol. The maximum Gasteiger partial charge on any atom is 0.244 e. The molecule has 0 fully saturated rings. The fourth-order valence-corrected chi connectivity index (χ4v) is 1.27. The second-order valence-corrected chi connectivity index (χ2v) is 3.20. The van der Waals surface area contributed by atoms with Crippen molar-refractivity contribution in [3.05, 3.63) is 35.6 Å². The van der Waals surface area contributed by atoms with Crippen LogP contribution >= 0.6 is 11.6 Å². The van der Waals surface area contributed by atoms with Crippen LogP contribution in [0, 0.1) is 0 Å². The molecule has 6 heteroatoms. The molecule has 0 aliphatic rings. The Morgan fingerprint density at radius 2 is 2.40 bits per heavy atom. The van der Waals surface area contributed by atoms with Gasteiger partial charge in [0.05, 0.1) is 12.5 Å². The first-order valence-corrected chi connectivity index (χ1v) is 4.84. The summed E-state index contributed by atoms with van der Waals surface area (Å²) in [6.45, 7) is 0.711. The lowest BCUT2D eigenvalue weighted by atomic mass is 10.3. The van der Waals surface area contributed by atoms with Crippen LogP contribution in [0.25, 0.3) is 0 Å². The number of halogens is 1. The minimum Gasteiger partial charge on any atom is -0.469 e. The average Bonchev–Trinajstić information content (AvgIpc) is 2.71. The molecule has 2 aromatic rings. The summed E-state index contributed by atoms with van der Waals surface area (Å²) in [5.74, 6) is 1.54. The zero-order chi connectivity index (χ0) is 10.5. The summed E-state index contributed by atoms with van der Waals surface area (Å²) >= 11 is 5.58. The zero-order valence-corrected chi connectivity index (χ0v) is 8.61. The molecule has 2 rings (SSSR count). The van der Waals surface area contributed by atoms with Gasteiger partial charge in [0.1, 0.15) is 11.6 Å². The Bertz CT molecular complexity index is 418. The highest BCUT2D eigenvalue weighted by molar-refractivity contribution is 6.28. The summed E-state index contributed by atoms with van der Waals surface area (Å²) in [5, 5.41) is 10.4. The van der Waals surface area contributed by atoms with Gasteiger partial charge in [0.2, 0.25) is 5.28 Å². The third kappa shape index (κ3) is 2.92. The van der Waals surface area contributed by atoms with Crippen molar-refractivity contribution in [2.24, 2.45) is 0 Å². The molecule has 0 aliphatic heterocycles. The average molecular weight is 225 g/mol. The Morgan fingerprint density at radius 3 is 3.13 bits per heavy atom. The predicted molar refractivity (Wildman–Crippen MR) is 55.7 cm³/mol. The highest BCUT2D eigenvalue weighted by Crippen LogP contribution is 2.05. The number of nitrogens with one attached hydrogen (secondary N) is 1. The van der Waals surface area contributed by atoms with Crippen molar-refractivity contribution in [3.8, 4) is 0 Å². The molecule has 2 aromatic heterocycles. The first-order chi connectivity index (χ1) is 7.34. The molecule has 0 saturated carbocycles. The van der Waals surface area contributed by atoms with Crippen LogP contribution in [-0.4, -0.2) is 21.7 Å². The lowest BCUT2D eigenvalue weighted by Crippen LogP contribution is -2.06. The van der Waals surface area contributed by atoms with Crippen molar-refractivity contribution >= 4 is 17.4 Å². The van der Waals surface area contributed by atoms with Crippen molar-refractivity contribution in [2.75, 3.05) is 11.9 Å². The third-order valence-corrected chi connectivity index (χ3v) is 1.95. The molecular weight excluding hydrogens is 216 g/mol. The predicted octanol–water partition coefficient (Wildman–Crippen LogP) is 1.77. The van der Waals surface area contributed by atoms with Crippen molar-refractivity contribution < 1.29 is 4.42 Å². The first kappa shape index (κ1) is 9.92.